The summed E-state index contributed by atoms with van der Waals surface area (Å²) < 4.78 is 13.1. The van der Waals surface area contributed by atoms with Crippen molar-refractivity contribution in [2.75, 3.05) is 0 Å². The summed E-state index contributed by atoms with van der Waals surface area (Å²) in [6.07, 6.45) is 0.359. The van der Waals surface area contributed by atoms with Crippen LogP contribution in [-0.4, -0.2) is 22.5 Å². The van der Waals surface area contributed by atoms with Crippen LogP contribution in [-0.2, 0) is 17.6 Å². The van der Waals surface area contributed by atoms with Crippen molar-refractivity contribution in [3.63, 3.8) is 0 Å². The van der Waals surface area contributed by atoms with Crippen molar-refractivity contribution in [1.82, 2.24) is 5.32 Å². The molecule has 1 amide bonds. The minimum absolute atomic E-state index is 0.173. The van der Waals surface area contributed by atoms with Crippen LogP contribution >= 0.6 is 11.6 Å². The van der Waals surface area contributed by atoms with E-state index in [0.29, 0.717) is 5.02 Å². The highest BCUT2D eigenvalue weighted by Gasteiger charge is 2.45. The van der Waals surface area contributed by atoms with Crippen LogP contribution in [0.2, 0.25) is 5.02 Å². The van der Waals surface area contributed by atoms with Crippen LogP contribution in [0.3, 0.4) is 0 Å². The Hall–Kier alpha value is -3.18. The Kier molecular flexibility index (Phi) is 4.84. The highest BCUT2D eigenvalue weighted by molar-refractivity contribution is 6.30. The number of hydrogen-bond acceptors (Lipinski definition) is 2. The Morgan fingerprint density at radius 1 is 0.897 bits per heavy atom. The second-order valence-electron chi connectivity index (χ2n) is 7.19. The van der Waals surface area contributed by atoms with Gasteiger partial charge in [0.25, 0.3) is 5.91 Å². The predicted octanol–water partition coefficient (Wildman–Crippen LogP) is 4.50. The first-order valence-electron chi connectivity index (χ1n) is 9.05. The Bertz CT molecular complexity index is 1100. The molecule has 3 aromatic rings. The van der Waals surface area contributed by atoms with Gasteiger partial charge in [-0.05, 0) is 58.7 Å². The highest BCUT2D eigenvalue weighted by Crippen LogP contribution is 2.34. The first-order valence-corrected chi connectivity index (χ1v) is 9.43. The fourth-order valence-electron chi connectivity index (χ4n) is 3.68. The molecule has 1 atom stereocenters. The van der Waals surface area contributed by atoms with Gasteiger partial charge in [0.15, 0.2) is 0 Å². The lowest BCUT2D eigenvalue weighted by molar-refractivity contribution is -0.144. The highest BCUT2D eigenvalue weighted by atomic mass is 35.5. The van der Waals surface area contributed by atoms with E-state index in [2.05, 4.69) is 5.32 Å². The van der Waals surface area contributed by atoms with E-state index in [1.165, 1.54) is 24.3 Å². The van der Waals surface area contributed by atoms with Gasteiger partial charge in [0.1, 0.15) is 11.4 Å². The molecule has 0 saturated carbocycles. The average Bonchev–Trinajstić information content (AvgIpc) is 3.07. The summed E-state index contributed by atoms with van der Waals surface area (Å²) in [7, 11) is 0. The number of carboxylic acid groups (broad SMARTS) is 1. The van der Waals surface area contributed by atoms with E-state index in [-0.39, 0.29) is 18.4 Å². The van der Waals surface area contributed by atoms with E-state index < -0.39 is 23.2 Å². The third-order valence-electron chi connectivity index (χ3n) is 5.24. The SMILES string of the molecule is O=C(NC1(C(=O)O)Cc2ccc(-c3ccc(Cl)cc3)cc2C1)c1ccc(F)cc1. The second-order valence-corrected chi connectivity index (χ2v) is 7.63. The molecule has 4 nitrogen and oxygen atoms in total. The zero-order valence-electron chi connectivity index (χ0n) is 15.3. The lowest BCUT2D eigenvalue weighted by Crippen LogP contribution is -2.55. The van der Waals surface area contributed by atoms with Gasteiger partial charge >= 0.3 is 5.97 Å². The fraction of sp³-hybridized carbons (Fsp3) is 0.130. The van der Waals surface area contributed by atoms with Crippen LogP contribution in [0.4, 0.5) is 4.39 Å². The molecule has 4 rings (SSSR count). The van der Waals surface area contributed by atoms with Crippen molar-refractivity contribution in [1.29, 1.82) is 0 Å². The maximum atomic E-state index is 13.1. The number of fused-ring (bicyclic) bond motifs is 1. The molecule has 1 aliphatic carbocycles. The summed E-state index contributed by atoms with van der Waals surface area (Å²) in [5, 5.41) is 13.2. The van der Waals surface area contributed by atoms with Gasteiger partial charge in [0.2, 0.25) is 0 Å². The molecule has 0 fully saturated rings. The van der Waals surface area contributed by atoms with Gasteiger partial charge in [-0.25, -0.2) is 9.18 Å². The first kappa shape index (κ1) is 19.2. The van der Waals surface area contributed by atoms with Gasteiger partial charge in [-0.2, -0.15) is 0 Å². The smallest absolute Gasteiger partial charge is 0.330 e. The predicted molar refractivity (Wildman–Crippen MR) is 109 cm³/mol. The third-order valence-corrected chi connectivity index (χ3v) is 5.49. The number of carboxylic acids is 1. The van der Waals surface area contributed by atoms with Crippen molar-refractivity contribution < 1.29 is 19.1 Å². The summed E-state index contributed by atoms with van der Waals surface area (Å²) in [4.78, 5) is 24.7. The number of amides is 1. The van der Waals surface area contributed by atoms with Crippen LogP contribution in [0.15, 0.2) is 66.7 Å². The number of hydrogen-bond donors (Lipinski definition) is 2. The maximum absolute atomic E-state index is 13.1. The quantitative estimate of drug-likeness (QED) is 0.666. The number of carbonyl (C=O) groups is 2. The number of carbonyl (C=O) groups excluding carboxylic acids is 1. The molecule has 0 radical (unpaired) electrons. The Morgan fingerprint density at radius 3 is 2.17 bits per heavy atom. The second kappa shape index (κ2) is 7.33. The van der Waals surface area contributed by atoms with Crippen molar-refractivity contribution in [2.45, 2.75) is 18.4 Å². The molecule has 2 N–H and O–H groups in total. The van der Waals surface area contributed by atoms with E-state index in [1.807, 2.05) is 30.3 Å². The number of nitrogens with one attached hydrogen (secondary N) is 1. The summed E-state index contributed by atoms with van der Waals surface area (Å²) in [5.74, 6) is -2.10. The minimum atomic E-state index is -1.44. The van der Waals surface area contributed by atoms with Gasteiger partial charge in [-0.15, -0.1) is 0 Å². The molecule has 0 bridgehead atoms. The summed E-state index contributed by atoms with van der Waals surface area (Å²) in [5.41, 5.74) is 2.45. The number of benzene rings is 3. The van der Waals surface area contributed by atoms with Gasteiger partial charge in [0, 0.05) is 23.4 Å². The molecule has 0 aromatic heterocycles. The Balaban J connectivity index is 1.61. The molecule has 3 aromatic carbocycles. The van der Waals surface area contributed by atoms with Crippen molar-refractivity contribution >= 4 is 23.5 Å². The molecular weight excluding hydrogens is 393 g/mol. The molecule has 0 heterocycles. The van der Waals surface area contributed by atoms with Crippen LogP contribution < -0.4 is 5.32 Å². The van der Waals surface area contributed by atoms with Crippen LogP contribution in [0.25, 0.3) is 11.1 Å². The van der Waals surface area contributed by atoms with E-state index in [0.717, 1.165) is 22.3 Å². The van der Waals surface area contributed by atoms with Gasteiger partial charge < -0.3 is 10.4 Å². The lowest BCUT2D eigenvalue weighted by Gasteiger charge is -2.25. The molecule has 0 aliphatic heterocycles. The monoisotopic (exact) mass is 409 g/mol. The molecule has 6 heteroatoms. The molecule has 29 heavy (non-hydrogen) atoms. The number of rotatable bonds is 4. The third kappa shape index (κ3) is 3.74. The normalized spacial score (nSPS) is 17.6. The van der Waals surface area contributed by atoms with Crippen molar-refractivity contribution in [3.05, 3.63) is 94.3 Å². The standard InChI is InChI=1S/C23H17ClFNO3/c24-19-7-3-14(4-8-19)16-1-2-17-12-23(22(28)29,13-18(17)11-16)26-21(27)15-5-9-20(25)10-6-15/h1-11H,12-13H2,(H,26,27)(H,28,29). The fourth-order valence-corrected chi connectivity index (χ4v) is 3.81. The Morgan fingerprint density at radius 2 is 1.52 bits per heavy atom. The summed E-state index contributed by atoms with van der Waals surface area (Å²) >= 11 is 5.95. The van der Waals surface area contributed by atoms with Crippen LogP contribution in [0.1, 0.15) is 21.5 Å². The van der Waals surface area contributed by atoms with Crippen LogP contribution in [0.5, 0.6) is 0 Å². The van der Waals surface area contributed by atoms with Gasteiger partial charge in [-0.3, -0.25) is 4.79 Å². The van der Waals surface area contributed by atoms with E-state index >= 15 is 0 Å². The van der Waals surface area contributed by atoms with Crippen LogP contribution in [0, 0.1) is 5.82 Å². The molecule has 0 spiro atoms. The molecule has 1 aliphatic rings. The molecule has 0 saturated heterocycles. The first-order chi connectivity index (χ1) is 13.9. The van der Waals surface area contributed by atoms with E-state index in [1.54, 1.807) is 12.1 Å². The molecule has 1 unspecified atom stereocenters. The summed E-state index contributed by atoms with van der Waals surface area (Å²) in [6.45, 7) is 0. The average molecular weight is 410 g/mol. The summed E-state index contributed by atoms with van der Waals surface area (Å²) in [6, 6.07) is 18.2. The zero-order chi connectivity index (χ0) is 20.6. The Labute approximate surface area is 172 Å². The lowest BCUT2D eigenvalue weighted by atomic mass is 9.95. The topological polar surface area (TPSA) is 66.4 Å². The minimum Gasteiger partial charge on any atom is -0.479 e. The maximum Gasteiger partial charge on any atom is 0.330 e. The largest absolute Gasteiger partial charge is 0.479 e. The molecular formula is C23H17ClFNO3. The zero-order valence-corrected chi connectivity index (χ0v) is 16.0. The van der Waals surface area contributed by atoms with Gasteiger partial charge in [0.05, 0.1) is 0 Å². The van der Waals surface area contributed by atoms with Crippen molar-refractivity contribution in [3.8, 4) is 11.1 Å². The van der Waals surface area contributed by atoms with Gasteiger partial charge in [-0.1, -0.05) is 41.9 Å². The molecule has 146 valence electrons. The van der Waals surface area contributed by atoms with E-state index in [9.17, 15) is 19.1 Å². The number of aliphatic carboxylic acids is 1. The van der Waals surface area contributed by atoms with E-state index in [4.69, 9.17) is 11.6 Å². The van der Waals surface area contributed by atoms with Crippen molar-refractivity contribution in [2.24, 2.45) is 0 Å². The number of halogens is 2.